The number of aromatic nitrogens is 1. The third kappa shape index (κ3) is 3.71. The molecule has 6 heteroatoms. The van der Waals surface area contributed by atoms with E-state index >= 15 is 0 Å². The second-order valence-electron chi connectivity index (χ2n) is 6.82. The maximum Gasteiger partial charge on any atom is 0.270 e. The number of nitrogens with one attached hydrogen (secondary N) is 1. The molecule has 3 heterocycles. The minimum Gasteiger partial charge on any atom is -0.378 e. The van der Waals surface area contributed by atoms with Gasteiger partial charge < -0.3 is 19.7 Å². The molecule has 0 saturated carbocycles. The van der Waals surface area contributed by atoms with Gasteiger partial charge in [-0.05, 0) is 17.7 Å². The van der Waals surface area contributed by atoms with Gasteiger partial charge >= 0.3 is 0 Å². The molecule has 1 spiro atoms. The van der Waals surface area contributed by atoms with Crippen LogP contribution >= 0.6 is 0 Å². The van der Waals surface area contributed by atoms with Gasteiger partial charge in [0.15, 0.2) is 0 Å². The predicted molar refractivity (Wildman–Crippen MR) is 98.2 cm³/mol. The van der Waals surface area contributed by atoms with E-state index in [0.29, 0.717) is 25.5 Å². The third-order valence-corrected chi connectivity index (χ3v) is 4.95. The van der Waals surface area contributed by atoms with Crippen molar-refractivity contribution in [2.45, 2.75) is 18.6 Å². The Morgan fingerprint density at radius 3 is 2.92 bits per heavy atom. The van der Waals surface area contributed by atoms with Crippen molar-refractivity contribution in [1.82, 2.24) is 10.3 Å². The van der Waals surface area contributed by atoms with Gasteiger partial charge in [0.05, 0.1) is 13.2 Å². The van der Waals surface area contributed by atoms with Crippen LogP contribution in [0.4, 0.5) is 5.69 Å². The Kier molecular flexibility index (Phi) is 4.86. The van der Waals surface area contributed by atoms with Crippen LogP contribution in [0.15, 0.2) is 48.7 Å². The smallest absolute Gasteiger partial charge is 0.270 e. The van der Waals surface area contributed by atoms with Crippen LogP contribution in [-0.4, -0.2) is 49.4 Å². The van der Waals surface area contributed by atoms with Gasteiger partial charge in [0, 0.05) is 44.5 Å². The highest BCUT2D eigenvalue weighted by Crippen LogP contribution is 2.30. The molecule has 1 unspecified atom stereocenters. The minimum absolute atomic E-state index is 0.164. The van der Waals surface area contributed by atoms with Crippen molar-refractivity contribution in [3.8, 4) is 0 Å². The van der Waals surface area contributed by atoms with E-state index < -0.39 is 0 Å². The van der Waals surface area contributed by atoms with Gasteiger partial charge in [0.1, 0.15) is 11.3 Å². The van der Waals surface area contributed by atoms with Gasteiger partial charge in [-0.1, -0.05) is 30.3 Å². The van der Waals surface area contributed by atoms with Crippen molar-refractivity contribution in [3.05, 3.63) is 59.9 Å². The lowest BCUT2D eigenvalue weighted by Gasteiger charge is -2.40. The van der Waals surface area contributed by atoms with Crippen molar-refractivity contribution in [3.63, 3.8) is 0 Å². The molecule has 0 aliphatic carbocycles. The molecule has 136 valence electrons. The molecule has 2 aliphatic heterocycles. The van der Waals surface area contributed by atoms with Crippen molar-refractivity contribution < 1.29 is 14.3 Å². The highest BCUT2D eigenvalue weighted by Gasteiger charge is 2.40. The second-order valence-corrected chi connectivity index (χ2v) is 6.82. The van der Waals surface area contributed by atoms with Crippen molar-refractivity contribution >= 4 is 11.6 Å². The first-order valence-corrected chi connectivity index (χ1v) is 8.99. The zero-order valence-corrected chi connectivity index (χ0v) is 14.7. The standard InChI is InChI=1S/C20H23N3O3/c24-19(22-13-16-4-2-1-3-5-16)18-12-17(6-8-21-18)23-9-11-26-20(14-23)7-10-25-15-20/h1-6,8,12H,7,9-11,13-15H2,(H,22,24). The Balaban J connectivity index is 1.43. The highest BCUT2D eigenvalue weighted by molar-refractivity contribution is 5.93. The summed E-state index contributed by atoms with van der Waals surface area (Å²) in [5.41, 5.74) is 2.28. The quantitative estimate of drug-likeness (QED) is 0.911. The maximum absolute atomic E-state index is 12.5. The first-order chi connectivity index (χ1) is 12.7. The van der Waals surface area contributed by atoms with Gasteiger partial charge in [-0.25, -0.2) is 0 Å². The molecule has 0 bridgehead atoms. The van der Waals surface area contributed by atoms with Crippen LogP contribution in [-0.2, 0) is 16.0 Å². The summed E-state index contributed by atoms with van der Waals surface area (Å²) in [4.78, 5) is 19.0. The molecule has 4 rings (SSSR count). The Hall–Kier alpha value is -2.44. The van der Waals surface area contributed by atoms with E-state index in [9.17, 15) is 4.79 Å². The van der Waals surface area contributed by atoms with Crippen molar-refractivity contribution in [2.75, 3.05) is 37.8 Å². The Labute approximate surface area is 153 Å². The van der Waals surface area contributed by atoms with E-state index in [1.807, 2.05) is 42.5 Å². The van der Waals surface area contributed by atoms with E-state index in [-0.39, 0.29) is 11.5 Å². The minimum atomic E-state index is -0.211. The fraction of sp³-hybridized carbons (Fsp3) is 0.400. The molecule has 1 aromatic carbocycles. The fourth-order valence-electron chi connectivity index (χ4n) is 3.50. The maximum atomic E-state index is 12.5. The largest absolute Gasteiger partial charge is 0.378 e. The number of carbonyl (C=O) groups excluding carboxylic acids is 1. The lowest BCUT2D eigenvalue weighted by atomic mass is 10.0. The number of carbonyl (C=O) groups is 1. The summed E-state index contributed by atoms with van der Waals surface area (Å²) in [6, 6.07) is 13.7. The first kappa shape index (κ1) is 17.0. The topological polar surface area (TPSA) is 63.7 Å². The third-order valence-electron chi connectivity index (χ3n) is 4.95. The monoisotopic (exact) mass is 353 g/mol. The SMILES string of the molecule is O=C(NCc1ccccc1)c1cc(N2CCOC3(CCOC3)C2)ccn1. The summed E-state index contributed by atoms with van der Waals surface area (Å²) in [6.45, 7) is 4.13. The number of hydrogen-bond acceptors (Lipinski definition) is 5. The van der Waals surface area contributed by atoms with Gasteiger partial charge in [-0.3, -0.25) is 9.78 Å². The van der Waals surface area contributed by atoms with Crippen molar-refractivity contribution in [1.29, 1.82) is 0 Å². The lowest BCUT2D eigenvalue weighted by Crippen LogP contribution is -2.52. The average molecular weight is 353 g/mol. The van der Waals surface area contributed by atoms with Crippen molar-refractivity contribution in [2.24, 2.45) is 0 Å². The zero-order chi connectivity index (χ0) is 17.8. The summed E-state index contributed by atoms with van der Waals surface area (Å²) in [6.07, 6.45) is 2.61. The van der Waals surface area contributed by atoms with Gasteiger partial charge in [0.2, 0.25) is 0 Å². The summed E-state index contributed by atoms with van der Waals surface area (Å²) in [5.74, 6) is -0.164. The van der Waals surface area contributed by atoms with Crippen LogP contribution in [0.3, 0.4) is 0 Å². The highest BCUT2D eigenvalue weighted by atomic mass is 16.6. The molecule has 2 fully saturated rings. The molecule has 0 radical (unpaired) electrons. The average Bonchev–Trinajstić information content (AvgIpc) is 3.14. The van der Waals surface area contributed by atoms with Crippen LogP contribution in [0, 0.1) is 0 Å². The van der Waals surface area contributed by atoms with E-state index in [4.69, 9.17) is 9.47 Å². The zero-order valence-electron chi connectivity index (χ0n) is 14.7. The Bertz CT molecular complexity index is 760. The number of benzene rings is 1. The van der Waals surface area contributed by atoms with Crippen LogP contribution < -0.4 is 10.2 Å². The molecule has 2 aromatic rings. The number of pyridine rings is 1. The van der Waals surface area contributed by atoms with Crippen LogP contribution in [0.1, 0.15) is 22.5 Å². The van der Waals surface area contributed by atoms with E-state index in [0.717, 1.165) is 37.4 Å². The summed E-state index contributed by atoms with van der Waals surface area (Å²) >= 11 is 0. The molecule has 2 saturated heterocycles. The molecule has 1 amide bonds. The molecular formula is C20H23N3O3. The number of hydrogen-bond donors (Lipinski definition) is 1. The van der Waals surface area contributed by atoms with Crippen LogP contribution in [0.2, 0.25) is 0 Å². The molecule has 26 heavy (non-hydrogen) atoms. The van der Waals surface area contributed by atoms with Gasteiger partial charge in [-0.2, -0.15) is 0 Å². The normalized spacial score (nSPS) is 22.5. The first-order valence-electron chi connectivity index (χ1n) is 8.99. The van der Waals surface area contributed by atoms with E-state index in [1.165, 1.54) is 0 Å². The van der Waals surface area contributed by atoms with E-state index in [1.54, 1.807) is 6.20 Å². The molecule has 1 atom stereocenters. The summed E-state index contributed by atoms with van der Waals surface area (Å²) in [7, 11) is 0. The molecule has 1 aromatic heterocycles. The number of amides is 1. The lowest BCUT2D eigenvalue weighted by molar-refractivity contribution is -0.0579. The van der Waals surface area contributed by atoms with E-state index in [2.05, 4.69) is 15.2 Å². The fourth-order valence-corrected chi connectivity index (χ4v) is 3.50. The molecular weight excluding hydrogens is 330 g/mol. The number of anilines is 1. The second kappa shape index (κ2) is 7.43. The Morgan fingerprint density at radius 2 is 2.12 bits per heavy atom. The van der Waals surface area contributed by atoms with Crippen LogP contribution in [0.25, 0.3) is 0 Å². The number of rotatable bonds is 4. The molecule has 2 aliphatic rings. The Morgan fingerprint density at radius 1 is 1.23 bits per heavy atom. The molecule has 6 nitrogen and oxygen atoms in total. The number of ether oxygens (including phenoxy) is 2. The molecule has 1 N–H and O–H groups in total. The number of morpholine rings is 1. The van der Waals surface area contributed by atoms with Crippen LogP contribution in [0.5, 0.6) is 0 Å². The van der Waals surface area contributed by atoms with Gasteiger partial charge in [-0.15, -0.1) is 0 Å². The summed E-state index contributed by atoms with van der Waals surface area (Å²) in [5, 5.41) is 2.93. The predicted octanol–water partition coefficient (Wildman–Crippen LogP) is 2.01. The number of nitrogens with zero attached hydrogens (tertiary/aromatic N) is 2. The van der Waals surface area contributed by atoms with Gasteiger partial charge in [0.25, 0.3) is 5.91 Å². The summed E-state index contributed by atoms with van der Waals surface area (Å²) < 4.78 is 11.5.